The number of rotatable bonds is 5. The van der Waals surface area contributed by atoms with Crippen molar-refractivity contribution in [3.05, 3.63) is 71.1 Å². The number of nitrogens with two attached hydrogens (primary N) is 1. The number of hydrogen-bond acceptors (Lipinski definition) is 6. The Labute approximate surface area is 168 Å². The van der Waals surface area contributed by atoms with Crippen molar-refractivity contribution in [3.8, 4) is 34.7 Å². The van der Waals surface area contributed by atoms with Crippen molar-refractivity contribution >= 4 is 0 Å². The first kappa shape index (κ1) is 18.4. The number of allylic oxidation sites excluding steroid dienone is 1. The summed E-state index contributed by atoms with van der Waals surface area (Å²) in [6.07, 6.45) is 0. The molecule has 0 bridgehead atoms. The van der Waals surface area contributed by atoms with Gasteiger partial charge in [-0.1, -0.05) is 36.4 Å². The van der Waals surface area contributed by atoms with E-state index in [1.165, 1.54) is 0 Å². The summed E-state index contributed by atoms with van der Waals surface area (Å²) in [4.78, 5) is 0. The Bertz CT molecular complexity index is 1110. The number of nitrogens with one attached hydrogen (secondary N) is 1. The van der Waals surface area contributed by atoms with Crippen molar-refractivity contribution in [3.63, 3.8) is 0 Å². The Balaban J connectivity index is 1.92. The van der Waals surface area contributed by atoms with Crippen LogP contribution >= 0.6 is 0 Å². The van der Waals surface area contributed by atoms with Gasteiger partial charge in [-0.25, -0.2) is 0 Å². The second kappa shape index (κ2) is 7.60. The van der Waals surface area contributed by atoms with Gasteiger partial charge in [0.1, 0.15) is 11.6 Å². The lowest BCUT2D eigenvalue weighted by Crippen LogP contribution is -2.21. The van der Waals surface area contributed by atoms with Crippen molar-refractivity contribution < 1.29 is 14.2 Å². The van der Waals surface area contributed by atoms with Crippen molar-refractivity contribution in [1.29, 1.82) is 5.26 Å². The highest BCUT2D eigenvalue weighted by Gasteiger charge is 2.36. The van der Waals surface area contributed by atoms with Gasteiger partial charge in [0.05, 0.1) is 30.9 Å². The molecule has 1 aromatic heterocycles. The highest BCUT2D eigenvalue weighted by atomic mass is 16.5. The van der Waals surface area contributed by atoms with E-state index in [0.29, 0.717) is 29.6 Å². The molecule has 0 fully saturated rings. The maximum Gasteiger partial charge on any atom is 0.244 e. The van der Waals surface area contributed by atoms with E-state index in [-0.39, 0.29) is 5.88 Å². The van der Waals surface area contributed by atoms with Crippen LogP contribution in [0, 0.1) is 11.3 Å². The Morgan fingerprint density at radius 3 is 2.69 bits per heavy atom. The molecule has 0 saturated carbocycles. The number of nitrogens with zero attached hydrogens (tertiary/aromatic N) is 2. The third kappa shape index (κ3) is 3.15. The number of benzene rings is 2. The largest absolute Gasteiger partial charge is 0.493 e. The van der Waals surface area contributed by atoms with Gasteiger partial charge in [0.2, 0.25) is 11.8 Å². The first-order valence-electron chi connectivity index (χ1n) is 9.19. The molecule has 0 amide bonds. The van der Waals surface area contributed by atoms with Gasteiger partial charge in [-0.05, 0) is 30.2 Å². The molecule has 7 nitrogen and oxygen atoms in total. The van der Waals surface area contributed by atoms with Gasteiger partial charge in [-0.2, -0.15) is 5.26 Å². The van der Waals surface area contributed by atoms with Crippen LogP contribution in [0.2, 0.25) is 0 Å². The number of nitriles is 1. The lowest BCUT2D eigenvalue weighted by atomic mass is 9.83. The Morgan fingerprint density at radius 1 is 1.21 bits per heavy atom. The molecule has 29 heavy (non-hydrogen) atoms. The van der Waals surface area contributed by atoms with Gasteiger partial charge in [0, 0.05) is 0 Å². The fraction of sp³-hybridized carbons (Fsp3) is 0.182. The Kier molecular flexibility index (Phi) is 4.83. The van der Waals surface area contributed by atoms with Gasteiger partial charge in [-0.15, -0.1) is 5.10 Å². The zero-order chi connectivity index (χ0) is 20.4. The van der Waals surface area contributed by atoms with E-state index >= 15 is 0 Å². The molecule has 0 saturated heterocycles. The van der Waals surface area contributed by atoms with E-state index in [4.69, 9.17) is 19.9 Å². The summed E-state index contributed by atoms with van der Waals surface area (Å²) in [7, 11) is 1.59. The molecule has 1 unspecified atom stereocenters. The molecule has 0 aliphatic carbocycles. The van der Waals surface area contributed by atoms with Gasteiger partial charge in [0.15, 0.2) is 11.5 Å². The van der Waals surface area contributed by atoms with Gasteiger partial charge >= 0.3 is 0 Å². The van der Waals surface area contributed by atoms with Crippen LogP contribution in [-0.4, -0.2) is 23.9 Å². The fourth-order valence-electron chi connectivity index (χ4n) is 3.54. The predicted octanol–water partition coefficient (Wildman–Crippen LogP) is 3.70. The van der Waals surface area contributed by atoms with Crippen molar-refractivity contribution in [2.24, 2.45) is 5.73 Å². The number of H-pyrrole nitrogens is 1. The minimum atomic E-state index is -0.456. The van der Waals surface area contributed by atoms with Crippen molar-refractivity contribution in [2.75, 3.05) is 13.7 Å². The number of ether oxygens (including phenoxy) is 3. The van der Waals surface area contributed by atoms with Crippen LogP contribution in [0.1, 0.15) is 24.0 Å². The zero-order valence-electron chi connectivity index (χ0n) is 16.1. The van der Waals surface area contributed by atoms with Crippen LogP contribution in [0.5, 0.6) is 17.4 Å². The summed E-state index contributed by atoms with van der Waals surface area (Å²) in [6, 6.07) is 17.6. The molecule has 3 aromatic rings. The number of fused-ring (bicyclic) bond motifs is 1. The summed E-state index contributed by atoms with van der Waals surface area (Å²) in [5.41, 5.74) is 9.68. The number of aromatic amines is 1. The van der Waals surface area contributed by atoms with Crippen LogP contribution in [0.25, 0.3) is 11.3 Å². The summed E-state index contributed by atoms with van der Waals surface area (Å²) < 4.78 is 16.8. The average Bonchev–Trinajstić information content (AvgIpc) is 3.17. The second-order valence-electron chi connectivity index (χ2n) is 6.45. The summed E-state index contributed by atoms with van der Waals surface area (Å²) in [5.74, 6) is 1.17. The van der Waals surface area contributed by atoms with Crippen LogP contribution in [0.4, 0.5) is 0 Å². The van der Waals surface area contributed by atoms with Crippen LogP contribution in [0.3, 0.4) is 0 Å². The topological polar surface area (TPSA) is 106 Å². The van der Waals surface area contributed by atoms with Gasteiger partial charge < -0.3 is 19.9 Å². The quantitative estimate of drug-likeness (QED) is 0.690. The average molecular weight is 388 g/mol. The van der Waals surface area contributed by atoms with Crippen LogP contribution in [-0.2, 0) is 0 Å². The van der Waals surface area contributed by atoms with E-state index in [1.54, 1.807) is 7.11 Å². The molecule has 146 valence electrons. The van der Waals surface area contributed by atoms with E-state index in [0.717, 1.165) is 22.4 Å². The highest BCUT2D eigenvalue weighted by Crippen LogP contribution is 2.46. The molecule has 4 rings (SSSR count). The SMILES string of the molecule is CCOc1cc(C2C(C#N)=C(N)Oc3n[nH]c(-c4ccccc4)c32)ccc1OC. The number of hydrogen-bond donors (Lipinski definition) is 2. The maximum atomic E-state index is 9.84. The first-order chi connectivity index (χ1) is 14.2. The second-order valence-corrected chi connectivity index (χ2v) is 6.45. The van der Waals surface area contributed by atoms with Gasteiger partial charge in [-0.3, -0.25) is 5.10 Å². The van der Waals surface area contributed by atoms with Crippen LogP contribution in [0.15, 0.2) is 60.0 Å². The van der Waals surface area contributed by atoms with E-state index in [2.05, 4.69) is 16.3 Å². The summed E-state index contributed by atoms with van der Waals surface area (Å²) in [5, 5.41) is 17.2. The molecule has 0 spiro atoms. The zero-order valence-corrected chi connectivity index (χ0v) is 16.1. The minimum Gasteiger partial charge on any atom is -0.493 e. The maximum absolute atomic E-state index is 9.84. The molecule has 2 heterocycles. The Hall–Kier alpha value is -3.92. The van der Waals surface area contributed by atoms with E-state index < -0.39 is 5.92 Å². The predicted molar refractivity (Wildman–Crippen MR) is 107 cm³/mol. The molecule has 1 atom stereocenters. The van der Waals surface area contributed by atoms with Crippen molar-refractivity contribution in [1.82, 2.24) is 10.2 Å². The highest BCUT2D eigenvalue weighted by molar-refractivity contribution is 5.71. The third-order valence-corrected chi connectivity index (χ3v) is 4.82. The lowest BCUT2D eigenvalue weighted by Gasteiger charge is -2.24. The molecule has 0 radical (unpaired) electrons. The molecular formula is C22H20N4O3. The minimum absolute atomic E-state index is 0.0462. The lowest BCUT2D eigenvalue weighted by molar-refractivity contribution is 0.310. The fourth-order valence-corrected chi connectivity index (χ4v) is 3.54. The first-order valence-corrected chi connectivity index (χ1v) is 9.19. The smallest absolute Gasteiger partial charge is 0.244 e. The van der Waals surface area contributed by atoms with Gasteiger partial charge in [0.25, 0.3) is 0 Å². The third-order valence-electron chi connectivity index (χ3n) is 4.82. The standard InChI is InChI=1S/C22H20N4O3/c1-3-28-17-11-14(9-10-16(17)27-2)18-15(12-23)21(24)29-22-19(18)20(25-26-22)13-7-5-4-6-8-13/h4-11,18H,3,24H2,1-2H3,(H,25,26). The molecule has 7 heteroatoms. The summed E-state index contributed by atoms with van der Waals surface area (Å²) >= 11 is 0. The molecule has 3 N–H and O–H groups in total. The monoisotopic (exact) mass is 388 g/mol. The van der Waals surface area contributed by atoms with Crippen LogP contribution < -0.4 is 19.9 Å². The Morgan fingerprint density at radius 2 is 2.00 bits per heavy atom. The van der Waals surface area contributed by atoms with E-state index in [1.807, 2.05) is 55.5 Å². The van der Waals surface area contributed by atoms with E-state index in [9.17, 15) is 5.26 Å². The molecular weight excluding hydrogens is 368 g/mol. The summed E-state index contributed by atoms with van der Waals surface area (Å²) in [6.45, 7) is 2.39. The van der Waals surface area contributed by atoms with Crippen molar-refractivity contribution in [2.45, 2.75) is 12.8 Å². The number of aromatic nitrogens is 2. The molecule has 1 aliphatic rings. The number of methoxy groups -OCH3 is 1. The normalized spacial score (nSPS) is 15.3. The molecule has 2 aromatic carbocycles. The molecule has 1 aliphatic heterocycles.